The molecule has 2 unspecified atom stereocenters. The summed E-state index contributed by atoms with van der Waals surface area (Å²) in [6.45, 7) is 0.909. The summed E-state index contributed by atoms with van der Waals surface area (Å²) in [7, 11) is 0. The number of benzene rings is 2. The molecule has 2 atom stereocenters. The second-order valence-electron chi connectivity index (χ2n) is 6.60. The fourth-order valence-corrected chi connectivity index (χ4v) is 3.41. The Bertz CT molecular complexity index is 813. The largest absolute Gasteiger partial charge is 0.488 e. The van der Waals surface area contributed by atoms with Gasteiger partial charge in [-0.2, -0.15) is 5.26 Å². The molecule has 134 valence electrons. The Labute approximate surface area is 153 Å². The molecule has 5 heteroatoms. The van der Waals surface area contributed by atoms with E-state index < -0.39 is 0 Å². The first kappa shape index (κ1) is 18.0. The quantitative estimate of drug-likeness (QED) is 0.839. The maximum atomic E-state index is 12.6. The second-order valence-corrected chi connectivity index (χ2v) is 6.60. The van der Waals surface area contributed by atoms with Crippen molar-refractivity contribution in [2.24, 2.45) is 11.7 Å². The van der Waals surface area contributed by atoms with Crippen molar-refractivity contribution >= 4 is 5.91 Å². The van der Waals surface area contributed by atoms with Crippen LogP contribution in [0.2, 0.25) is 0 Å². The van der Waals surface area contributed by atoms with Gasteiger partial charge in [0.2, 0.25) is 0 Å². The van der Waals surface area contributed by atoms with Gasteiger partial charge in [0.1, 0.15) is 18.4 Å². The van der Waals surface area contributed by atoms with Gasteiger partial charge in [-0.25, -0.2) is 0 Å². The maximum Gasteiger partial charge on any atom is 0.251 e. The third-order valence-corrected chi connectivity index (χ3v) is 4.87. The highest BCUT2D eigenvalue weighted by Crippen LogP contribution is 2.25. The lowest BCUT2D eigenvalue weighted by molar-refractivity contribution is 0.0928. The van der Waals surface area contributed by atoms with Crippen LogP contribution in [0.3, 0.4) is 0 Å². The van der Waals surface area contributed by atoms with Crippen LogP contribution in [0.4, 0.5) is 0 Å². The molecule has 0 aliphatic heterocycles. The Hall–Kier alpha value is -2.84. The van der Waals surface area contributed by atoms with E-state index in [0.717, 1.165) is 24.8 Å². The molecular weight excluding hydrogens is 326 g/mol. The lowest BCUT2D eigenvalue weighted by atomic mass is 10.0. The molecule has 0 aromatic heterocycles. The van der Waals surface area contributed by atoms with E-state index in [-0.39, 0.29) is 11.9 Å². The van der Waals surface area contributed by atoms with Gasteiger partial charge in [0.05, 0.1) is 5.56 Å². The Balaban J connectivity index is 1.64. The summed E-state index contributed by atoms with van der Waals surface area (Å²) in [5, 5.41) is 12.2. The molecule has 1 saturated carbocycles. The van der Waals surface area contributed by atoms with Crippen LogP contribution in [0, 0.1) is 17.2 Å². The van der Waals surface area contributed by atoms with E-state index in [1.807, 2.05) is 24.3 Å². The smallest absolute Gasteiger partial charge is 0.251 e. The molecule has 3 N–H and O–H groups in total. The van der Waals surface area contributed by atoms with Crippen LogP contribution < -0.4 is 15.8 Å². The number of hydrogen-bond donors (Lipinski definition) is 2. The van der Waals surface area contributed by atoms with Crippen LogP contribution in [0.1, 0.15) is 40.7 Å². The van der Waals surface area contributed by atoms with Crippen molar-refractivity contribution in [3.8, 4) is 11.8 Å². The normalized spacial score (nSPS) is 18.9. The molecule has 0 spiro atoms. The molecule has 2 aromatic rings. The van der Waals surface area contributed by atoms with E-state index in [4.69, 9.17) is 15.7 Å². The molecule has 0 heterocycles. The number of carbonyl (C=O) groups excluding carboxylic acids is 1. The average Bonchev–Trinajstić information content (AvgIpc) is 3.14. The van der Waals surface area contributed by atoms with Gasteiger partial charge in [-0.05, 0) is 55.1 Å². The highest BCUT2D eigenvalue weighted by molar-refractivity contribution is 5.94. The van der Waals surface area contributed by atoms with E-state index in [2.05, 4.69) is 11.4 Å². The van der Waals surface area contributed by atoms with Crippen LogP contribution in [0.5, 0.6) is 5.75 Å². The number of nitrogens with two attached hydrogens (primary N) is 1. The van der Waals surface area contributed by atoms with E-state index in [1.165, 1.54) is 0 Å². The summed E-state index contributed by atoms with van der Waals surface area (Å²) < 4.78 is 5.75. The Kier molecular flexibility index (Phi) is 5.88. The number of carbonyl (C=O) groups is 1. The number of hydrogen-bond acceptors (Lipinski definition) is 4. The molecule has 0 radical (unpaired) electrons. The summed E-state index contributed by atoms with van der Waals surface area (Å²) in [5.74, 6) is 0.837. The molecule has 2 aromatic carbocycles. The summed E-state index contributed by atoms with van der Waals surface area (Å²) in [5.41, 5.74) is 7.78. The lowest BCUT2D eigenvalue weighted by Crippen LogP contribution is -2.39. The standard InChI is InChI=1S/C21H23N3O2/c22-12-17-8-4-9-19(17)24-21(25)16-7-3-5-15(11-16)14-26-20-10-2-1-6-18(20)13-23/h1-3,5-7,10-11,17,19H,4,8-9,12,14,22H2,(H,24,25). The summed E-state index contributed by atoms with van der Waals surface area (Å²) in [4.78, 5) is 12.6. The van der Waals surface area contributed by atoms with Crippen molar-refractivity contribution in [2.75, 3.05) is 6.54 Å². The first-order chi connectivity index (χ1) is 12.7. The topological polar surface area (TPSA) is 88.1 Å². The zero-order chi connectivity index (χ0) is 18.4. The Morgan fingerprint density at radius 2 is 2.08 bits per heavy atom. The summed E-state index contributed by atoms with van der Waals surface area (Å²) in [6, 6.07) is 16.8. The minimum absolute atomic E-state index is 0.0744. The van der Waals surface area contributed by atoms with Crippen molar-refractivity contribution in [3.05, 3.63) is 65.2 Å². The fourth-order valence-electron chi connectivity index (χ4n) is 3.41. The van der Waals surface area contributed by atoms with E-state index in [9.17, 15) is 4.79 Å². The average molecular weight is 349 g/mol. The Morgan fingerprint density at radius 3 is 2.88 bits per heavy atom. The van der Waals surface area contributed by atoms with Crippen LogP contribution in [-0.4, -0.2) is 18.5 Å². The van der Waals surface area contributed by atoms with Gasteiger partial charge in [-0.15, -0.1) is 0 Å². The van der Waals surface area contributed by atoms with Crippen molar-refractivity contribution in [1.29, 1.82) is 5.26 Å². The number of nitrogens with one attached hydrogen (secondary N) is 1. The highest BCUT2D eigenvalue weighted by Gasteiger charge is 2.27. The van der Waals surface area contributed by atoms with Crippen molar-refractivity contribution in [1.82, 2.24) is 5.32 Å². The zero-order valence-corrected chi connectivity index (χ0v) is 14.7. The Morgan fingerprint density at radius 1 is 1.23 bits per heavy atom. The molecule has 0 bridgehead atoms. The van der Waals surface area contributed by atoms with E-state index in [0.29, 0.717) is 35.9 Å². The molecule has 3 rings (SSSR count). The van der Waals surface area contributed by atoms with Crippen LogP contribution >= 0.6 is 0 Å². The van der Waals surface area contributed by atoms with Crippen LogP contribution in [0.15, 0.2) is 48.5 Å². The van der Waals surface area contributed by atoms with Crippen LogP contribution in [0.25, 0.3) is 0 Å². The van der Waals surface area contributed by atoms with Gasteiger partial charge in [0.25, 0.3) is 5.91 Å². The van der Waals surface area contributed by atoms with Gasteiger partial charge in [-0.3, -0.25) is 4.79 Å². The number of nitriles is 1. The predicted octanol–water partition coefficient (Wildman–Crippen LogP) is 2.99. The van der Waals surface area contributed by atoms with Gasteiger partial charge < -0.3 is 15.8 Å². The van der Waals surface area contributed by atoms with Gasteiger partial charge >= 0.3 is 0 Å². The molecule has 1 fully saturated rings. The molecule has 1 amide bonds. The van der Waals surface area contributed by atoms with E-state index in [1.54, 1.807) is 24.3 Å². The van der Waals surface area contributed by atoms with Crippen molar-refractivity contribution in [2.45, 2.75) is 31.9 Å². The molecule has 5 nitrogen and oxygen atoms in total. The second kappa shape index (κ2) is 8.50. The van der Waals surface area contributed by atoms with Gasteiger partial charge in [0, 0.05) is 11.6 Å². The number of ether oxygens (including phenoxy) is 1. The van der Waals surface area contributed by atoms with Gasteiger partial charge in [0.15, 0.2) is 0 Å². The first-order valence-corrected chi connectivity index (χ1v) is 8.93. The van der Waals surface area contributed by atoms with Gasteiger partial charge in [-0.1, -0.05) is 30.7 Å². The lowest BCUT2D eigenvalue weighted by Gasteiger charge is -2.19. The molecule has 0 saturated heterocycles. The third kappa shape index (κ3) is 4.22. The number of amides is 1. The van der Waals surface area contributed by atoms with Crippen molar-refractivity contribution in [3.63, 3.8) is 0 Å². The minimum atomic E-state index is -0.0744. The SMILES string of the molecule is N#Cc1ccccc1OCc1cccc(C(=O)NC2CCCC2CN)c1. The molecule has 1 aliphatic carbocycles. The number of nitrogens with zero attached hydrogens (tertiary/aromatic N) is 1. The monoisotopic (exact) mass is 349 g/mol. The van der Waals surface area contributed by atoms with E-state index >= 15 is 0 Å². The fraction of sp³-hybridized carbons (Fsp3) is 0.333. The van der Waals surface area contributed by atoms with Crippen LogP contribution in [-0.2, 0) is 6.61 Å². The summed E-state index contributed by atoms with van der Waals surface area (Å²) >= 11 is 0. The maximum absolute atomic E-state index is 12.6. The molecular formula is C21H23N3O2. The highest BCUT2D eigenvalue weighted by atomic mass is 16.5. The number of para-hydroxylation sites is 1. The summed E-state index contributed by atoms with van der Waals surface area (Å²) in [6.07, 6.45) is 3.17. The minimum Gasteiger partial charge on any atom is -0.488 e. The first-order valence-electron chi connectivity index (χ1n) is 8.93. The predicted molar refractivity (Wildman–Crippen MR) is 99.6 cm³/mol. The molecule has 1 aliphatic rings. The zero-order valence-electron chi connectivity index (χ0n) is 14.7. The van der Waals surface area contributed by atoms with Crippen molar-refractivity contribution < 1.29 is 9.53 Å². The number of rotatable bonds is 6. The molecule has 26 heavy (non-hydrogen) atoms. The third-order valence-electron chi connectivity index (χ3n) is 4.87.